The lowest BCUT2D eigenvalue weighted by Crippen LogP contribution is -2.50. The quantitative estimate of drug-likeness (QED) is 0.281. The summed E-state index contributed by atoms with van der Waals surface area (Å²) in [5, 5.41) is 14.4. The number of carbonyl (C=O) groups excluding carboxylic acids is 2. The maximum Gasteiger partial charge on any atom is 0.410 e. The summed E-state index contributed by atoms with van der Waals surface area (Å²) in [5.41, 5.74) is 4.06. The average molecular weight is 650 g/mol. The summed E-state index contributed by atoms with van der Waals surface area (Å²) in [4.78, 5) is 38.7. The van der Waals surface area contributed by atoms with Crippen molar-refractivity contribution >= 4 is 28.8 Å². The van der Waals surface area contributed by atoms with Crippen molar-refractivity contribution in [2.45, 2.75) is 26.4 Å². The van der Waals surface area contributed by atoms with Crippen molar-refractivity contribution < 1.29 is 18.7 Å². The number of pyridine rings is 1. The van der Waals surface area contributed by atoms with E-state index in [2.05, 4.69) is 33.2 Å². The van der Waals surface area contributed by atoms with Gasteiger partial charge in [-0.25, -0.2) is 9.78 Å². The highest BCUT2D eigenvalue weighted by atomic mass is 16.6. The van der Waals surface area contributed by atoms with Gasteiger partial charge in [0.15, 0.2) is 0 Å². The number of carbonyl (C=O) groups is 2. The average Bonchev–Trinajstić information content (AvgIpc) is 3.48. The van der Waals surface area contributed by atoms with Gasteiger partial charge in [-0.1, -0.05) is 42.5 Å². The van der Waals surface area contributed by atoms with Crippen molar-refractivity contribution in [3.63, 3.8) is 0 Å². The van der Waals surface area contributed by atoms with E-state index < -0.39 is 5.60 Å². The van der Waals surface area contributed by atoms with Gasteiger partial charge in [-0.15, -0.1) is 0 Å². The third kappa shape index (κ3) is 7.30. The number of nitrogens with one attached hydrogen (secondary N) is 1. The van der Waals surface area contributed by atoms with E-state index in [0.29, 0.717) is 61.0 Å². The van der Waals surface area contributed by atoms with Gasteiger partial charge in [0.05, 0.1) is 22.8 Å². The third-order valence-corrected chi connectivity index (χ3v) is 8.82. The summed E-state index contributed by atoms with van der Waals surface area (Å²) in [6.07, 6.45) is 1.26. The summed E-state index contributed by atoms with van der Waals surface area (Å²) in [6, 6.07) is 19.8. The maximum absolute atomic E-state index is 13.5. The standard InChI is InChI=1S/C37H43N7O4/c1-37(2,3)48-36(46)44-21-17-42(18-22-44)14-13-39-32-29(24-38)25-40-34-31(32)30(26-9-6-5-7-10-26)33(47-34)27-11-8-12-28(23-27)35(45)43-19-15-41(4)16-20-43/h5-12,23,25H,13-22H2,1-4H3,(H,39,40). The lowest BCUT2D eigenvalue weighted by molar-refractivity contribution is 0.0148. The van der Waals surface area contributed by atoms with E-state index in [4.69, 9.17) is 9.15 Å². The Morgan fingerprint density at radius 1 is 0.938 bits per heavy atom. The molecule has 0 bridgehead atoms. The molecule has 2 saturated heterocycles. The van der Waals surface area contributed by atoms with Crippen LogP contribution in [0, 0.1) is 11.3 Å². The fourth-order valence-corrected chi connectivity index (χ4v) is 6.22. The summed E-state index contributed by atoms with van der Waals surface area (Å²) < 4.78 is 12.0. The number of nitrogens with zero attached hydrogens (tertiary/aromatic N) is 6. The second-order valence-corrected chi connectivity index (χ2v) is 13.4. The van der Waals surface area contributed by atoms with E-state index in [1.165, 1.54) is 0 Å². The molecule has 4 aromatic rings. The minimum atomic E-state index is -0.525. The molecule has 2 aromatic carbocycles. The van der Waals surface area contributed by atoms with Crippen molar-refractivity contribution in [1.82, 2.24) is 24.6 Å². The van der Waals surface area contributed by atoms with E-state index in [9.17, 15) is 14.9 Å². The second-order valence-electron chi connectivity index (χ2n) is 13.4. The highest BCUT2D eigenvalue weighted by Crippen LogP contribution is 2.44. The first-order valence-corrected chi connectivity index (χ1v) is 16.5. The number of hydrogen-bond donors (Lipinski definition) is 1. The molecule has 2 fully saturated rings. The van der Waals surface area contributed by atoms with E-state index in [0.717, 1.165) is 54.8 Å². The fraction of sp³-hybridized carbons (Fsp3) is 0.405. The fourth-order valence-electron chi connectivity index (χ4n) is 6.22. The molecular weight excluding hydrogens is 606 g/mol. The van der Waals surface area contributed by atoms with Gasteiger partial charge >= 0.3 is 6.09 Å². The number of nitriles is 1. The van der Waals surface area contributed by atoms with Crippen LogP contribution in [0.5, 0.6) is 0 Å². The van der Waals surface area contributed by atoms with E-state index in [1.54, 1.807) is 11.1 Å². The van der Waals surface area contributed by atoms with Gasteiger partial charge < -0.3 is 29.2 Å². The number of hydrogen-bond acceptors (Lipinski definition) is 9. The number of anilines is 1. The molecule has 2 amide bonds. The lowest BCUT2D eigenvalue weighted by Gasteiger charge is -2.35. The van der Waals surface area contributed by atoms with Crippen molar-refractivity contribution in [3.8, 4) is 28.5 Å². The summed E-state index contributed by atoms with van der Waals surface area (Å²) in [6.45, 7) is 12.6. The molecule has 0 aliphatic carbocycles. The van der Waals surface area contributed by atoms with Crippen LogP contribution in [0.25, 0.3) is 33.6 Å². The first kappa shape index (κ1) is 33.0. The van der Waals surface area contributed by atoms with Crippen LogP contribution in [0.3, 0.4) is 0 Å². The molecule has 6 rings (SSSR count). The van der Waals surface area contributed by atoms with E-state index >= 15 is 0 Å². The molecule has 4 heterocycles. The number of furan rings is 1. The molecule has 2 aliphatic heterocycles. The SMILES string of the molecule is CN1CCN(C(=O)c2cccc(-c3oc4ncc(C#N)c(NCCN5CCN(C(=O)OC(C)(C)C)CC5)c4c3-c3ccccc3)c2)CC1. The summed E-state index contributed by atoms with van der Waals surface area (Å²) in [5.74, 6) is 0.592. The third-order valence-electron chi connectivity index (χ3n) is 8.82. The summed E-state index contributed by atoms with van der Waals surface area (Å²) >= 11 is 0. The highest BCUT2D eigenvalue weighted by molar-refractivity contribution is 6.08. The normalized spacial score (nSPS) is 16.1. The Morgan fingerprint density at radius 2 is 1.62 bits per heavy atom. The number of benzene rings is 2. The minimum Gasteiger partial charge on any atom is -0.444 e. The van der Waals surface area contributed by atoms with Crippen LogP contribution in [0.2, 0.25) is 0 Å². The van der Waals surface area contributed by atoms with Gasteiger partial charge in [-0.05, 0) is 45.5 Å². The largest absolute Gasteiger partial charge is 0.444 e. The van der Waals surface area contributed by atoms with Gasteiger partial charge in [0.25, 0.3) is 5.91 Å². The molecule has 2 aromatic heterocycles. The van der Waals surface area contributed by atoms with E-state index in [-0.39, 0.29) is 12.0 Å². The Bertz CT molecular complexity index is 1810. The van der Waals surface area contributed by atoms with Crippen molar-refractivity contribution in [3.05, 3.63) is 71.9 Å². The Kier molecular flexibility index (Phi) is 9.66. The molecule has 11 nitrogen and oxygen atoms in total. The van der Waals surface area contributed by atoms with Crippen molar-refractivity contribution in [2.75, 3.05) is 77.8 Å². The first-order valence-electron chi connectivity index (χ1n) is 16.5. The topological polar surface area (TPSA) is 118 Å². The van der Waals surface area contributed by atoms with Gasteiger partial charge in [-0.3, -0.25) is 9.69 Å². The number of ether oxygens (including phenoxy) is 1. The number of likely N-dealkylation sites (N-methyl/N-ethyl adjacent to an activating group) is 1. The Balaban J connectivity index is 1.27. The summed E-state index contributed by atoms with van der Waals surface area (Å²) in [7, 11) is 2.07. The molecule has 2 aliphatic rings. The lowest BCUT2D eigenvalue weighted by atomic mass is 9.96. The number of rotatable bonds is 7. The van der Waals surface area contributed by atoms with Crippen LogP contribution in [0.1, 0.15) is 36.7 Å². The molecule has 0 atom stereocenters. The smallest absolute Gasteiger partial charge is 0.410 e. The number of amides is 2. The van der Waals surface area contributed by atoms with Crippen LogP contribution in [-0.4, -0.2) is 115 Å². The van der Waals surface area contributed by atoms with Crippen LogP contribution < -0.4 is 5.32 Å². The molecule has 11 heteroatoms. The van der Waals surface area contributed by atoms with Crippen LogP contribution in [-0.2, 0) is 4.74 Å². The Labute approximate surface area is 281 Å². The van der Waals surface area contributed by atoms with Crippen molar-refractivity contribution in [2.24, 2.45) is 0 Å². The molecule has 0 saturated carbocycles. The zero-order chi connectivity index (χ0) is 33.8. The predicted octanol–water partition coefficient (Wildman–Crippen LogP) is 5.39. The molecule has 1 N–H and O–H groups in total. The Morgan fingerprint density at radius 3 is 2.31 bits per heavy atom. The number of fused-ring (bicyclic) bond motifs is 1. The maximum atomic E-state index is 13.5. The van der Waals surface area contributed by atoms with E-state index in [1.807, 2.05) is 80.3 Å². The highest BCUT2D eigenvalue weighted by Gasteiger charge is 2.27. The number of piperazine rings is 2. The minimum absolute atomic E-state index is 0.00139. The predicted molar refractivity (Wildman–Crippen MR) is 186 cm³/mol. The zero-order valence-electron chi connectivity index (χ0n) is 28.2. The Hall–Kier alpha value is -4.92. The molecule has 48 heavy (non-hydrogen) atoms. The molecule has 250 valence electrons. The van der Waals surface area contributed by atoms with Crippen LogP contribution in [0.4, 0.5) is 10.5 Å². The molecule has 0 unspecified atom stereocenters. The van der Waals surface area contributed by atoms with Gasteiger partial charge in [0.2, 0.25) is 5.71 Å². The second kappa shape index (κ2) is 14.1. The van der Waals surface area contributed by atoms with Gasteiger partial charge in [0.1, 0.15) is 17.4 Å². The van der Waals surface area contributed by atoms with Gasteiger partial charge in [0, 0.05) is 82.1 Å². The molecular formula is C37H43N7O4. The monoisotopic (exact) mass is 649 g/mol. The molecule has 0 radical (unpaired) electrons. The van der Waals surface area contributed by atoms with Crippen LogP contribution in [0.15, 0.2) is 65.2 Å². The first-order chi connectivity index (χ1) is 23.1. The molecule has 0 spiro atoms. The van der Waals surface area contributed by atoms with Gasteiger partial charge in [-0.2, -0.15) is 5.26 Å². The van der Waals surface area contributed by atoms with Crippen molar-refractivity contribution in [1.29, 1.82) is 5.26 Å². The van der Waals surface area contributed by atoms with Crippen LogP contribution >= 0.6 is 0 Å². The number of aromatic nitrogens is 1. The zero-order valence-corrected chi connectivity index (χ0v) is 28.2.